The molecule has 0 unspecified atom stereocenters. The molecule has 1 aromatic carbocycles. The van der Waals surface area contributed by atoms with E-state index in [1.165, 1.54) is 17.2 Å². The van der Waals surface area contributed by atoms with Gasteiger partial charge >= 0.3 is 0 Å². The van der Waals surface area contributed by atoms with E-state index in [4.69, 9.17) is 4.98 Å². The molecule has 0 atom stereocenters. The SMILES string of the molecule is CCCNc1nsnc1Cc1nc2ccccc2n1CC. The van der Waals surface area contributed by atoms with Crippen molar-refractivity contribution in [3.63, 3.8) is 0 Å². The number of hydrogen-bond acceptors (Lipinski definition) is 5. The molecular formula is C15H19N5S. The topological polar surface area (TPSA) is 55.6 Å². The highest BCUT2D eigenvalue weighted by atomic mass is 32.1. The Kier molecular flexibility index (Phi) is 4.15. The molecule has 3 rings (SSSR count). The summed E-state index contributed by atoms with van der Waals surface area (Å²) in [7, 11) is 0. The van der Waals surface area contributed by atoms with E-state index >= 15 is 0 Å². The minimum Gasteiger partial charge on any atom is -0.368 e. The molecule has 0 aliphatic heterocycles. The average Bonchev–Trinajstić information content (AvgIpc) is 3.09. The number of imidazole rings is 1. The van der Waals surface area contributed by atoms with Crippen molar-refractivity contribution in [3.05, 3.63) is 35.8 Å². The van der Waals surface area contributed by atoms with Crippen molar-refractivity contribution in [1.29, 1.82) is 0 Å². The third-order valence-electron chi connectivity index (χ3n) is 3.47. The van der Waals surface area contributed by atoms with Crippen molar-refractivity contribution < 1.29 is 0 Å². The van der Waals surface area contributed by atoms with Crippen LogP contribution in [0.1, 0.15) is 31.8 Å². The van der Waals surface area contributed by atoms with Crippen LogP contribution in [0.15, 0.2) is 24.3 Å². The zero-order chi connectivity index (χ0) is 14.7. The quantitative estimate of drug-likeness (QED) is 0.759. The first-order valence-corrected chi connectivity index (χ1v) is 8.06. The fourth-order valence-corrected chi connectivity index (χ4v) is 3.01. The first-order valence-electron chi connectivity index (χ1n) is 7.33. The standard InChI is InChI=1S/C15H19N5S/c1-3-9-16-15-12(18-21-19-15)10-14-17-11-7-5-6-8-13(11)20(14)4-2/h5-8H,3-4,9-10H2,1-2H3,(H,16,19). The predicted octanol–water partition coefficient (Wildman–Crippen LogP) is 3.32. The lowest BCUT2D eigenvalue weighted by molar-refractivity contribution is 0.731. The summed E-state index contributed by atoms with van der Waals surface area (Å²) in [5, 5.41) is 3.33. The van der Waals surface area contributed by atoms with Crippen LogP contribution in [0, 0.1) is 0 Å². The molecule has 0 saturated carbocycles. The van der Waals surface area contributed by atoms with Crippen molar-refractivity contribution in [1.82, 2.24) is 18.3 Å². The normalized spacial score (nSPS) is 11.1. The van der Waals surface area contributed by atoms with Crippen LogP contribution >= 0.6 is 11.7 Å². The van der Waals surface area contributed by atoms with Crippen molar-refractivity contribution in [3.8, 4) is 0 Å². The Morgan fingerprint density at radius 2 is 2.05 bits per heavy atom. The minimum atomic E-state index is 0.713. The first-order chi connectivity index (χ1) is 10.3. The Hall–Kier alpha value is -1.95. The van der Waals surface area contributed by atoms with Gasteiger partial charge in [0.25, 0.3) is 0 Å². The number of aryl methyl sites for hydroxylation is 1. The molecule has 0 bridgehead atoms. The molecule has 0 aliphatic rings. The Morgan fingerprint density at radius 3 is 2.86 bits per heavy atom. The third kappa shape index (κ3) is 2.76. The summed E-state index contributed by atoms with van der Waals surface area (Å²) in [5.74, 6) is 1.95. The fraction of sp³-hybridized carbons (Fsp3) is 0.400. The lowest BCUT2D eigenvalue weighted by atomic mass is 10.3. The van der Waals surface area contributed by atoms with Gasteiger partial charge in [-0.1, -0.05) is 19.1 Å². The highest BCUT2D eigenvalue weighted by Crippen LogP contribution is 2.21. The summed E-state index contributed by atoms with van der Waals surface area (Å²) >= 11 is 1.26. The Morgan fingerprint density at radius 1 is 1.19 bits per heavy atom. The third-order valence-corrected chi connectivity index (χ3v) is 4.04. The maximum Gasteiger partial charge on any atom is 0.163 e. The Balaban J connectivity index is 1.93. The monoisotopic (exact) mass is 301 g/mol. The molecule has 5 nitrogen and oxygen atoms in total. The predicted molar refractivity (Wildman–Crippen MR) is 86.9 cm³/mol. The number of anilines is 1. The van der Waals surface area contributed by atoms with E-state index in [9.17, 15) is 0 Å². The van der Waals surface area contributed by atoms with E-state index in [0.29, 0.717) is 6.42 Å². The summed E-state index contributed by atoms with van der Waals surface area (Å²) in [6.45, 7) is 6.11. The van der Waals surface area contributed by atoms with Gasteiger partial charge in [-0.15, -0.1) is 0 Å². The van der Waals surface area contributed by atoms with Crippen LogP contribution in [0.25, 0.3) is 11.0 Å². The van der Waals surface area contributed by atoms with Gasteiger partial charge < -0.3 is 9.88 Å². The Bertz CT molecular complexity index is 731. The second-order valence-corrected chi connectivity index (χ2v) is 5.45. The van der Waals surface area contributed by atoms with Crippen LogP contribution in [0.4, 0.5) is 5.82 Å². The van der Waals surface area contributed by atoms with Gasteiger partial charge in [0.1, 0.15) is 11.5 Å². The molecule has 110 valence electrons. The number of nitrogens with one attached hydrogen (secondary N) is 1. The number of nitrogens with zero attached hydrogens (tertiary/aromatic N) is 4. The van der Waals surface area contributed by atoms with E-state index in [2.05, 4.69) is 50.7 Å². The first kappa shape index (κ1) is 14.0. The molecule has 2 aromatic heterocycles. The molecule has 0 amide bonds. The van der Waals surface area contributed by atoms with Crippen LogP contribution in [0.2, 0.25) is 0 Å². The molecule has 0 saturated heterocycles. The Labute approximate surface area is 128 Å². The van der Waals surface area contributed by atoms with Crippen LogP contribution in [-0.4, -0.2) is 24.8 Å². The molecular weight excluding hydrogens is 282 g/mol. The fourth-order valence-electron chi connectivity index (χ4n) is 2.46. The molecule has 3 aromatic rings. The molecule has 2 heterocycles. The highest BCUT2D eigenvalue weighted by molar-refractivity contribution is 6.99. The number of benzene rings is 1. The molecule has 6 heteroatoms. The smallest absolute Gasteiger partial charge is 0.163 e. The van der Waals surface area contributed by atoms with E-state index < -0.39 is 0 Å². The minimum absolute atomic E-state index is 0.713. The van der Waals surface area contributed by atoms with Gasteiger partial charge in [-0.2, -0.15) is 8.75 Å². The van der Waals surface area contributed by atoms with Gasteiger partial charge in [-0.3, -0.25) is 0 Å². The van der Waals surface area contributed by atoms with Crippen molar-refractivity contribution in [2.24, 2.45) is 0 Å². The summed E-state index contributed by atoms with van der Waals surface area (Å²) in [4.78, 5) is 4.75. The van der Waals surface area contributed by atoms with E-state index in [0.717, 1.165) is 42.4 Å². The van der Waals surface area contributed by atoms with E-state index in [1.54, 1.807) is 0 Å². The van der Waals surface area contributed by atoms with Gasteiger partial charge in [0.15, 0.2) is 5.82 Å². The zero-order valence-electron chi connectivity index (χ0n) is 12.3. The summed E-state index contributed by atoms with van der Waals surface area (Å²) < 4.78 is 11.0. The summed E-state index contributed by atoms with van der Waals surface area (Å²) in [5.41, 5.74) is 3.21. The molecule has 0 aliphatic carbocycles. The lowest BCUT2D eigenvalue weighted by Gasteiger charge is -2.06. The highest BCUT2D eigenvalue weighted by Gasteiger charge is 2.14. The number of para-hydroxylation sites is 2. The molecule has 1 N–H and O–H groups in total. The van der Waals surface area contributed by atoms with Gasteiger partial charge in [0.05, 0.1) is 29.2 Å². The van der Waals surface area contributed by atoms with Crippen LogP contribution in [0.3, 0.4) is 0 Å². The van der Waals surface area contributed by atoms with Crippen molar-refractivity contribution in [2.75, 3.05) is 11.9 Å². The maximum absolute atomic E-state index is 4.75. The second-order valence-electron chi connectivity index (χ2n) is 4.92. The molecule has 0 spiro atoms. The molecule has 0 fully saturated rings. The number of hydrogen-bond donors (Lipinski definition) is 1. The van der Waals surface area contributed by atoms with Gasteiger partial charge in [-0.25, -0.2) is 4.98 Å². The largest absolute Gasteiger partial charge is 0.368 e. The second kappa shape index (κ2) is 6.22. The average molecular weight is 301 g/mol. The van der Waals surface area contributed by atoms with Crippen LogP contribution < -0.4 is 5.32 Å². The van der Waals surface area contributed by atoms with Gasteiger partial charge in [-0.05, 0) is 25.5 Å². The summed E-state index contributed by atoms with van der Waals surface area (Å²) in [6.07, 6.45) is 1.79. The van der Waals surface area contributed by atoms with Crippen LogP contribution in [-0.2, 0) is 13.0 Å². The van der Waals surface area contributed by atoms with E-state index in [1.807, 2.05) is 6.07 Å². The van der Waals surface area contributed by atoms with Gasteiger partial charge in [0.2, 0.25) is 0 Å². The van der Waals surface area contributed by atoms with Crippen molar-refractivity contribution >= 4 is 28.6 Å². The molecule has 21 heavy (non-hydrogen) atoms. The zero-order valence-corrected chi connectivity index (χ0v) is 13.2. The van der Waals surface area contributed by atoms with Crippen molar-refractivity contribution in [2.45, 2.75) is 33.2 Å². The number of aromatic nitrogens is 4. The number of rotatable bonds is 6. The van der Waals surface area contributed by atoms with E-state index in [-0.39, 0.29) is 0 Å². The lowest BCUT2D eigenvalue weighted by Crippen LogP contribution is -2.06. The number of fused-ring (bicyclic) bond motifs is 1. The maximum atomic E-state index is 4.75. The summed E-state index contributed by atoms with van der Waals surface area (Å²) in [6, 6.07) is 8.25. The van der Waals surface area contributed by atoms with Crippen LogP contribution in [0.5, 0.6) is 0 Å². The molecule has 0 radical (unpaired) electrons. The van der Waals surface area contributed by atoms with Gasteiger partial charge in [0, 0.05) is 13.1 Å².